The molecule has 0 atom stereocenters. The van der Waals surface area contributed by atoms with Crippen molar-refractivity contribution < 1.29 is 14.4 Å². The molecule has 0 N–H and O–H groups in total. The number of carbonyl (C=O) groups is 3. The van der Waals surface area contributed by atoms with Gasteiger partial charge in [-0.3, -0.25) is 14.4 Å². The number of amides is 3. The molecule has 0 fully saturated rings. The van der Waals surface area contributed by atoms with Gasteiger partial charge in [0.2, 0.25) is 17.7 Å². The molecular formula is C15H27N3O3. The van der Waals surface area contributed by atoms with Crippen LogP contribution in [0.1, 0.15) is 27.7 Å². The van der Waals surface area contributed by atoms with Crippen molar-refractivity contribution in [3.63, 3.8) is 0 Å². The maximum absolute atomic E-state index is 12.4. The van der Waals surface area contributed by atoms with Gasteiger partial charge in [0.05, 0.1) is 0 Å². The molecule has 0 spiro atoms. The van der Waals surface area contributed by atoms with Crippen LogP contribution in [0.15, 0.2) is 12.7 Å². The highest BCUT2D eigenvalue weighted by Crippen LogP contribution is 2.28. The fraction of sp³-hybridized carbons (Fsp3) is 0.667. The zero-order chi connectivity index (χ0) is 17.2. The van der Waals surface area contributed by atoms with Gasteiger partial charge >= 0.3 is 0 Å². The molecule has 0 aliphatic heterocycles. The molecule has 0 aromatic heterocycles. The van der Waals surface area contributed by atoms with Gasteiger partial charge in [0, 0.05) is 28.2 Å². The van der Waals surface area contributed by atoms with E-state index in [1.54, 1.807) is 55.9 Å². The molecule has 120 valence electrons. The molecule has 0 heterocycles. The summed E-state index contributed by atoms with van der Waals surface area (Å²) in [6, 6.07) is 0. The highest BCUT2D eigenvalue weighted by molar-refractivity contribution is 5.99. The van der Waals surface area contributed by atoms with Crippen LogP contribution in [0.25, 0.3) is 0 Å². The van der Waals surface area contributed by atoms with Crippen LogP contribution in [0.5, 0.6) is 0 Å². The fourth-order valence-electron chi connectivity index (χ4n) is 2.63. The lowest BCUT2D eigenvalue weighted by Gasteiger charge is -2.47. The van der Waals surface area contributed by atoms with Crippen molar-refractivity contribution in [1.29, 1.82) is 0 Å². The SMILES string of the molecule is C=CC(=O)N(C(C)(C)C(=O)N(C)C)C(C)(C)C(=O)N(C)C. The van der Waals surface area contributed by atoms with E-state index >= 15 is 0 Å². The van der Waals surface area contributed by atoms with E-state index in [-0.39, 0.29) is 11.8 Å². The van der Waals surface area contributed by atoms with Crippen LogP contribution in [0, 0.1) is 0 Å². The molecule has 0 aliphatic carbocycles. The Morgan fingerprint density at radius 2 is 1.10 bits per heavy atom. The minimum absolute atomic E-state index is 0.266. The molecule has 0 bridgehead atoms. The summed E-state index contributed by atoms with van der Waals surface area (Å²) in [5.41, 5.74) is -2.35. The Bertz CT molecular complexity index is 419. The molecule has 6 nitrogen and oxygen atoms in total. The zero-order valence-corrected chi connectivity index (χ0v) is 14.4. The van der Waals surface area contributed by atoms with Crippen molar-refractivity contribution in [1.82, 2.24) is 14.7 Å². The lowest BCUT2D eigenvalue weighted by atomic mass is 9.90. The minimum atomic E-state index is -1.18. The second-order valence-electron chi connectivity index (χ2n) is 6.39. The highest BCUT2D eigenvalue weighted by Gasteiger charge is 2.49. The quantitative estimate of drug-likeness (QED) is 0.703. The van der Waals surface area contributed by atoms with Crippen LogP contribution in [0.2, 0.25) is 0 Å². The van der Waals surface area contributed by atoms with Gasteiger partial charge in [-0.05, 0) is 33.8 Å². The van der Waals surface area contributed by atoms with E-state index in [2.05, 4.69) is 6.58 Å². The average molecular weight is 297 g/mol. The molecule has 0 rings (SSSR count). The largest absolute Gasteiger partial charge is 0.347 e. The number of nitrogens with zero attached hydrogens (tertiary/aromatic N) is 3. The third-order valence-corrected chi connectivity index (χ3v) is 3.37. The number of hydrogen-bond donors (Lipinski definition) is 0. The smallest absolute Gasteiger partial charge is 0.247 e. The van der Waals surface area contributed by atoms with Crippen molar-refractivity contribution in [2.24, 2.45) is 0 Å². The first-order valence-corrected chi connectivity index (χ1v) is 6.72. The summed E-state index contributed by atoms with van der Waals surface area (Å²) in [7, 11) is 6.45. The van der Waals surface area contributed by atoms with Crippen molar-refractivity contribution in [3.8, 4) is 0 Å². The number of hydrogen-bond acceptors (Lipinski definition) is 3. The highest BCUT2D eigenvalue weighted by atomic mass is 16.2. The lowest BCUT2D eigenvalue weighted by Crippen LogP contribution is -2.67. The minimum Gasteiger partial charge on any atom is -0.347 e. The van der Waals surface area contributed by atoms with Gasteiger partial charge in [-0.1, -0.05) is 6.58 Å². The topological polar surface area (TPSA) is 60.9 Å². The monoisotopic (exact) mass is 297 g/mol. The van der Waals surface area contributed by atoms with Crippen LogP contribution >= 0.6 is 0 Å². The molecule has 0 aromatic carbocycles. The zero-order valence-electron chi connectivity index (χ0n) is 14.4. The summed E-state index contributed by atoms with van der Waals surface area (Å²) in [4.78, 5) is 41.3. The molecule has 0 aliphatic rings. The predicted molar refractivity (Wildman–Crippen MR) is 82.6 cm³/mol. The summed E-state index contributed by atoms with van der Waals surface area (Å²) in [6.07, 6.45) is 1.12. The molecule has 6 heteroatoms. The molecule has 0 aromatic rings. The normalized spacial score (nSPS) is 11.6. The summed E-state index contributed by atoms with van der Waals surface area (Å²) in [5.74, 6) is -0.995. The Labute approximate surface area is 127 Å². The molecule has 21 heavy (non-hydrogen) atoms. The molecule has 0 saturated carbocycles. The summed E-state index contributed by atoms with van der Waals surface area (Å²) >= 11 is 0. The third-order valence-electron chi connectivity index (χ3n) is 3.37. The first-order chi connectivity index (χ1) is 9.31. The van der Waals surface area contributed by atoms with Crippen LogP contribution < -0.4 is 0 Å². The number of rotatable bonds is 5. The van der Waals surface area contributed by atoms with Crippen LogP contribution in [0.4, 0.5) is 0 Å². The Hall–Kier alpha value is -1.85. The number of likely N-dealkylation sites (N-methyl/N-ethyl adjacent to an activating group) is 2. The van der Waals surface area contributed by atoms with Gasteiger partial charge in [-0.25, -0.2) is 0 Å². The maximum Gasteiger partial charge on any atom is 0.247 e. The fourth-order valence-corrected chi connectivity index (χ4v) is 2.63. The Balaban J connectivity index is 6.04. The molecule has 3 amide bonds. The second kappa shape index (κ2) is 6.28. The van der Waals surface area contributed by atoms with E-state index in [9.17, 15) is 14.4 Å². The Morgan fingerprint density at radius 3 is 1.29 bits per heavy atom. The van der Waals surface area contributed by atoms with Crippen molar-refractivity contribution in [3.05, 3.63) is 12.7 Å². The van der Waals surface area contributed by atoms with Gasteiger partial charge in [-0.15, -0.1) is 0 Å². The van der Waals surface area contributed by atoms with Gasteiger partial charge < -0.3 is 14.7 Å². The van der Waals surface area contributed by atoms with Crippen molar-refractivity contribution in [2.45, 2.75) is 38.8 Å². The van der Waals surface area contributed by atoms with Gasteiger partial charge in [-0.2, -0.15) is 0 Å². The standard InChI is InChI=1S/C15H27N3O3/c1-10-11(19)18(14(2,3)12(20)16(6)7)15(4,5)13(21)17(8)9/h10H,1H2,2-9H3. The van der Waals surface area contributed by atoms with E-state index in [1.807, 2.05) is 0 Å². The van der Waals surface area contributed by atoms with E-state index in [0.717, 1.165) is 6.08 Å². The molecular weight excluding hydrogens is 270 g/mol. The summed E-state index contributed by atoms with van der Waals surface area (Å²) in [6.45, 7) is 9.98. The van der Waals surface area contributed by atoms with E-state index in [4.69, 9.17) is 0 Å². The van der Waals surface area contributed by atoms with Crippen molar-refractivity contribution in [2.75, 3.05) is 28.2 Å². The predicted octanol–water partition coefficient (Wildman–Crippen LogP) is 0.735. The molecule has 0 saturated heterocycles. The lowest BCUT2D eigenvalue weighted by molar-refractivity contribution is -0.162. The molecule has 0 radical (unpaired) electrons. The maximum atomic E-state index is 12.4. The second-order valence-corrected chi connectivity index (χ2v) is 6.39. The number of carbonyl (C=O) groups excluding carboxylic acids is 3. The summed E-state index contributed by atoms with van der Waals surface area (Å²) < 4.78 is 0. The van der Waals surface area contributed by atoms with E-state index < -0.39 is 17.0 Å². The summed E-state index contributed by atoms with van der Waals surface area (Å²) in [5, 5.41) is 0. The van der Waals surface area contributed by atoms with Gasteiger partial charge in [0.25, 0.3) is 0 Å². The first kappa shape index (κ1) is 19.1. The third kappa shape index (κ3) is 3.62. The van der Waals surface area contributed by atoms with E-state index in [0.29, 0.717) is 0 Å². The van der Waals surface area contributed by atoms with Crippen molar-refractivity contribution >= 4 is 17.7 Å². The van der Waals surface area contributed by atoms with Crippen LogP contribution in [0.3, 0.4) is 0 Å². The molecule has 0 unspecified atom stereocenters. The Morgan fingerprint density at radius 1 is 0.810 bits per heavy atom. The van der Waals surface area contributed by atoms with E-state index in [1.165, 1.54) is 14.7 Å². The average Bonchev–Trinajstić information content (AvgIpc) is 2.35. The first-order valence-electron chi connectivity index (χ1n) is 6.72. The van der Waals surface area contributed by atoms with Gasteiger partial charge in [0.1, 0.15) is 11.1 Å². The Kier molecular flexibility index (Phi) is 5.73. The van der Waals surface area contributed by atoms with Crippen LogP contribution in [-0.4, -0.2) is 71.7 Å². The van der Waals surface area contributed by atoms with Gasteiger partial charge in [0.15, 0.2) is 0 Å². The van der Waals surface area contributed by atoms with Crippen LogP contribution in [-0.2, 0) is 14.4 Å².